The van der Waals surface area contributed by atoms with Gasteiger partial charge in [0.2, 0.25) is 0 Å². The Morgan fingerprint density at radius 2 is 2.00 bits per heavy atom. The average Bonchev–Trinajstić information content (AvgIpc) is 2.81. The number of fused-ring (bicyclic) bond motifs is 1. The summed E-state index contributed by atoms with van der Waals surface area (Å²) in [6, 6.07) is 4.88. The standard InChI is InChI=1S/C14H11F2N3/c1-8-6-19-14-12(8)10(4-5-17-14)9-2-3-11(13(15)16)18-7-9/h2-7,13H,1H3,(H,17,19). The lowest BCUT2D eigenvalue weighted by atomic mass is 10.0. The second-order valence-electron chi connectivity index (χ2n) is 4.33. The summed E-state index contributed by atoms with van der Waals surface area (Å²) in [4.78, 5) is 11.1. The van der Waals surface area contributed by atoms with E-state index in [-0.39, 0.29) is 5.69 Å². The Bertz CT molecular complexity index is 717. The van der Waals surface area contributed by atoms with E-state index < -0.39 is 6.43 Å². The lowest BCUT2D eigenvalue weighted by Gasteiger charge is -2.05. The van der Waals surface area contributed by atoms with Crippen molar-refractivity contribution in [1.82, 2.24) is 15.0 Å². The van der Waals surface area contributed by atoms with Crippen LogP contribution < -0.4 is 0 Å². The first-order valence-electron chi connectivity index (χ1n) is 5.84. The Balaban J connectivity index is 2.16. The van der Waals surface area contributed by atoms with E-state index in [1.807, 2.05) is 19.2 Å². The molecule has 5 heteroatoms. The monoisotopic (exact) mass is 259 g/mol. The van der Waals surface area contributed by atoms with Gasteiger partial charge in [-0.2, -0.15) is 0 Å². The van der Waals surface area contributed by atoms with Crippen LogP contribution in [-0.2, 0) is 0 Å². The first-order valence-corrected chi connectivity index (χ1v) is 5.84. The predicted molar refractivity (Wildman–Crippen MR) is 69.0 cm³/mol. The number of nitrogens with one attached hydrogen (secondary N) is 1. The lowest BCUT2D eigenvalue weighted by Crippen LogP contribution is -1.90. The van der Waals surface area contributed by atoms with Crippen molar-refractivity contribution in [1.29, 1.82) is 0 Å². The van der Waals surface area contributed by atoms with Crippen LogP contribution in [0.2, 0.25) is 0 Å². The van der Waals surface area contributed by atoms with Crippen LogP contribution in [0.3, 0.4) is 0 Å². The zero-order valence-corrected chi connectivity index (χ0v) is 10.2. The van der Waals surface area contributed by atoms with E-state index in [0.29, 0.717) is 0 Å². The van der Waals surface area contributed by atoms with Crippen LogP contribution in [0.4, 0.5) is 8.78 Å². The summed E-state index contributed by atoms with van der Waals surface area (Å²) in [6.07, 6.45) is 2.50. The maximum atomic E-state index is 12.5. The molecular formula is C14H11F2N3. The molecule has 3 rings (SSSR count). The van der Waals surface area contributed by atoms with Crippen LogP contribution in [-0.4, -0.2) is 15.0 Å². The number of pyridine rings is 2. The normalized spacial score (nSPS) is 11.4. The van der Waals surface area contributed by atoms with Crippen LogP contribution in [0, 0.1) is 6.92 Å². The number of aryl methyl sites for hydroxylation is 1. The molecule has 0 bridgehead atoms. The Morgan fingerprint density at radius 3 is 2.68 bits per heavy atom. The number of aromatic amines is 1. The Morgan fingerprint density at radius 1 is 1.16 bits per heavy atom. The molecule has 0 saturated heterocycles. The second-order valence-corrected chi connectivity index (χ2v) is 4.33. The molecule has 0 amide bonds. The minimum absolute atomic E-state index is 0.208. The highest BCUT2D eigenvalue weighted by Gasteiger charge is 2.11. The number of rotatable bonds is 2. The van der Waals surface area contributed by atoms with Gasteiger partial charge in [0.25, 0.3) is 6.43 Å². The molecule has 0 aliphatic carbocycles. The van der Waals surface area contributed by atoms with Gasteiger partial charge in [0.1, 0.15) is 11.3 Å². The van der Waals surface area contributed by atoms with Gasteiger partial charge in [-0.05, 0) is 30.2 Å². The maximum Gasteiger partial charge on any atom is 0.280 e. The van der Waals surface area contributed by atoms with E-state index in [2.05, 4.69) is 15.0 Å². The van der Waals surface area contributed by atoms with Crippen molar-refractivity contribution >= 4 is 11.0 Å². The third-order valence-electron chi connectivity index (χ3n) is 3.09. The van der Waals surface area contributed by atoms with Crippen molar-refractivity contribution < 1.29 is 8.78 Å². The van der Waals surface area contributed by atoms with E-state index in [4.69, 9.17) is 0 Å². The van der Waals surface area contributed by atoms with Crippen LogP contribution >= 0.6 is 0 Å². The highest BCUT2D eigenvalue weighted by Crippen LogP contribution is 2.29. The number of hydrogen-bond donors (Lipinski definition) is 1. The number of nitrogens with zero attached hydrogens (tertiary/aromatic N) is 2. The van der Waals surface area contributed by atoms with E-state index in [1.54, 1.807) is 12.3 Å². The SMILES string of the molecule is Cc1c[nH]c2nccc(-c3ccc(C(F)F)nc3)c12. The molecule has 96 valence electrons. The molecule has 3 aromatic heterocycles. The Kier molecular flexibility index (Phi) is 2.74. The van der Waals surface area contributed by atoms with Crippen LogP contribution in [0.15, 0.2) is 36.8 Å². The number of aromatic nitrogens is 3. The molecular weight excluding hydrogens is 248 g/mol. The van der Waals surface area contributed by atoms with Gasteiger partial charge in [-0.3, -0.25) is 4.98 Å². The largest absolute Gasteiger partial charge is 0.346 e. The number of halogens is 2. The second kappa shape index (κ2) is 4.42. The summed E-state index contributed by atoms with van der Waals surface area (Å²) in [6.45, 7) is 1.98. The molecule has 0 radical (unpaired) electrons. The number of H-pyrrole nitrogens is 1. The van der Waals surface area contributed by atoms with Gasteiger partial charge in [0.15, 0.2) is 0 Å². The first kappa shape index (κ1) is 11.8. The Hall–Kier alpha value is -2.30. The van der Waals surface area contributed by atoms with Crippen molar-refractivity contribution in [3.05, 3.63) is 48.0 Å². The molecule has 0 aromatic carbocycles. The molecule has 0 unspecified atom stereocenters. The van der Waals surface area contributed by atoms with Crippen LogP contribution in [0.25, 0.3) is 22.2 Å². The predicted octanol–water partition coefficient (Wildman–Crippen LogP) is 3.87. The molecule has 0 atom stereocenters. The molecule has 0 aliphatic rings. The van der Waals surface area contributed by atoms with Gasteiger partial charge in [-0.15, -0.1) is 0 Å². The summed E-state index contributed by atoms with van der Waals surface area (Å²) >= 11 is 0. The van der Waals surface area contributed by atoms with Crippen molar-refractivity contribution in [2.45, 2.75) is 13.3 Å². The first-order chi connectivity index (χ1) is 9.16. The molecule has 0 spiro atoms. The van der Waals surface area contributed by atoms with Crippen molar-refractivity contribution in [2.75, 3.05) is 0 Å². The molecule has 3 nitrogen and oxygen atoms in total. The minimum Gasteiger partial charge on any atom is -0.346 e. The summed E-state index contributed by atoms with van der Waals surface area (Å²) in [5, 5.41) is 0.995. The van der Waals surface area contributed by atoms with E-state index in [0.717, 1.165) is 27.7 Å². The molecule has 19 heavy (non-hydrogen) atoms. The van der Waals surface area contributed by atoms with Gasteiger partial charge >= 0.3 is 0 Å². The zero-order valence-electron chi connectivity index (χ0n) is 10.2. The van der Waals surface area contributed by atoms with Gasteiger partial charge in [-0.1, -0.05) is 6.07 Å². The summed E-state index contributed by atoms with van der Waals surface area (Å²) in [7, 11) is 0. The van der Waals surface area contributed by atoms with E-state index >= 15 is 0 Å². The van der Waals surface area contributed by atoms with Gasteiger partial charge in [0, 0.05) is 29.5 Å². The zero-order chi connectivity index (χ0) is 13.4. The van der Waals surface area contributed by atoms with Gasteiger partial charge < -0.3 is 4.98 Å². The topological polar surface area (TPSA) is 41.6 Å². The van der Waals surface area contributed by atoms with Gasteiger partial charge in [-0.25, -0.2) is 13.8 Å². The fourth-order valence-electron chi connectivity index (χ4n) is 2.15. The fraction of sp³-hybridized carbons (Fsp3) is 0.143. The third-order valence-corrected chi connectivity index (χ3v) is 3.09. The third kappa shape index (κ3) is 1.97. The minimum atomic E-state index is -2.54. The summed E-state index contributed by atoms with van der Waals surface area (Å²) < 4.78 is 25.0. The molecule has 1 N–H and O–H groups in total. The van der Waals surface area contributed by atoms with Crippen molar-refractivity contribution in [2.24, 2.45) is 0 Å². The van der Waals surface area contributed by atoms with Crippen molar-refractivity contribution in [3.8, 4) is 11.1 Å². The lowest BCUT2D eigenvalue weighted by molar-refractivity contribution is 0.146. The van der Waals surface area contributed by atoms with Crippen LogP contribution in [0.1, 0.15) is 17.7 Å². The van der Waals surface area contributed by atoms with Crippen LogP contribution in [0.5, 0.6) is 0 Å². The molecule has 0 fully saturated rings. The average molecular weight is 259 g/mol. The smallest absolute Gasteiger partial charge is 0.280 e. The summed E-state index contributed by atoms with van der Waals surface area (Å²) in [5.41, 5.74) is 3.39. The Labute approximate surface area is 108 Å². The van der Waals surface area contributed by atoms with Crippen molar-refractivity contribution in [3.63, 3.8) is 0 Å². The molecule has 3 aromatic rings. The van der Waals surface area contributed by atoms with E-state index in [1.165, 1.54) is 12.3 Å². The number of alkyl halides is 2. The van der Waals surface area contributed by atoms with Gasteiger partial charge in [0.05, 0.1) is 0 Å². The molecule has 0 aliphatic heterocycles. The fourth-order valence-corrected chi connectivity index (χ4v) is 2.15. The quantitative estimate of drug-likeness (QED) is 0.759. The highest BCUT2D eigenvalue weighted by molar-refractivity contribution is 5.95. The van der Waals surface area contributed by atoms with E-state index in [9.17, 15) is 8.78 Å². The summed E-state index contributed by atoms with van der Waals surface area (Å²) in [5.74, 6) is 0. The molecule has 0 saturated carbocycles. The molecule has 3 heterocycles. The highest BCUT2D eigenvalue weighted by atomic mass is 19.3. The maximum absolute atomic E-state index is 12.5. The number of hydrogen-bond acceptors (Lipinski definition) is 2.